The topological polar surface area (TPSA) is 35.5 Å². The van der Waals surface area contributed by atoms with Gasteiger partial charge in [0.2, 0.25) is 0 Å². The minimum absolute atomic E-state index is 0.0340. The maximum absolute atomic E-state index is 14.9. The Kier molecular flexibility index (Phi) is 4.32. The van der Waals surface area contributed by atoms with Gasteiger partial charge in [-0.05, 0) is 106 Å². The fourth-order valence-corrected chi connectivity index (χ4v) is 6.60. The Morgan fingerprint density at radius 3 is 2.31 bits per heavy atom. The fraction of sp³-hybridized carbons (Fsp3) is 0.720. The molecule has 5 aliphatic carbocycles. The number of rotatable bonds is 4. The van der Waals surface area contributed by atoms with Crippen LogP contribution >= 0.6 is 0 Å². The quantitative estimate of drug-likeness (QED) is 0.560. The second kappa shape index (κ2) is 6.46. The third-order valence-corrected chi connectivity index (χ3v) is 7.49. The zero-order chi connectivity index (χ0) is 20.6. The number of carbonyl (C=O) groups excluding carboxylic acids is 1. The van der Waals surface area contributed by atoms with Crippen molar-refractivity contribution in [1.29, 1.82) is 0 Å². The molecular weight excluding hydrogens is 367 g/mol. The number of hydrogen-bond acceptors (Lipinski definition) is 3. The molecule has 0 heterocycles. The smallest absolute Gasteiger partial charge is 0.341 e. The van der Waals surface area contributed by atoms with Crippen molar-refractivity contribution in [3.05, 3.63) is 29.1 Å². The van der Waals surface area contributed by atoms with Crippen LogP contribution in [0.5, 0.6) is 5.75 Å². The Morgan fingerprint density at radius 2 is 1.76 bits per heavy atom. The molecular formula is C25H33FO3. The average Bonchev–Trinajstić information content (AvgIpc) is 3.40. The summed E-state index contributed by atoms with van der Waals surface area (Å²) in [5.74, 6) is 1.95. The van der Waals surface area contributed by atoms with E-state index in [9.17, 15) is 9.18 Å². The van der Waals surface area contributed by atoms with Crippen LogP contribution in [0.3, 0.4) is 0 Å². The Balaban J connectivity index is 1.42. The van der Waals surface area contributed by atoms with Crippen molar-refractivity contribution < 1.29 is 18.7 Å². The first-order valence-electron chi connectivity index (χ1n) is 11.3. The van der Waals surface area contributed by atoms with Crippen molar-refractivity contribution >= 4 is 5.97 Å². The first-order chi connectivity index (χ1) is 13.6. The van der Waals surface area contributed by atoms with Crippen molar-refractivity contribution in [1.82, 2.24) is 0 Å². The van der Waals surface area contributed by atoms with Gasteiger partial charge in [-0.1, -0.05) is 6.92 Å². The van der Waals surface area contributed by atoms with Crippen LogP contribution in [0, 0.1) is 29.0 Å². The van der Waals surface area contributed by atoms with Crippen LogP contribution in [0.4, 0.5) is 4.39 Å². The molecule has 29 heavy (non-hydrogen) atoms. The van der Waals surface area contributed by atoms with E-state index in [0.29, 0.717) is 28.9 Å². The lowest BCUT2D eigenvalue weighted by molar-refractivity contribution is -0.117. The highest BCUT2D eigenvalue weighted by Crippen LogP contribution is 2.60. The van der Waals surface area contributed by atoms with Gasteiger partial charge < -0.3 is 9.47 Å². The van der Waals surface area contributed by atoms with Gasteiger partial charge in [0.15, 0.2) is 0 Å². The van der Waals surface area contributed by atoms with Gasteiger partial charge in [0.1, 0.15) is 23.3 Å². The third kappa shape index (κ3) is 3.68. The highest BCUT2D eigenvalue weighted by molar-refractivity contribution is 5.90. The first kappa shape index (κ1) is 19.4. The van der Waals surface area contributed by atoms with E-state index >= 15 is 0 Å². The summed E-state index contributed by atoms with van der Waals surface area (Å²) in [4.78, 5) is 12.5. The second-order valence-corrected chi connectivity index (χ2v) is 11.5. The summed E-state index contributed by atoms with van der Waals surface area (Å²) in [6.07, 6.45) is 8.72. The molecule has 1 aromatic rings. The van der Waals surface area contributed by atoms with Crippen LogP contribution in [0.25, 0.3) is 0 Å². The molecule has 1 aromatic carbocycles. The molecule has 2 atom stereocenters. The Labute approximate surface area is 173 Å². The van der Waals surface area contributed by atoms with E-state index in [4.69, 9.17) is 9.47 Å². The van der Waals surface area contributed by atoms with E-state index in [1.54, 1.807) is 26.8 Å². The van der Waals surface area contributed by atoms with Gasteiger partial charge in [0.05, 0.1) is 5.56 Å². The van der Waals surface area contributed by atoms with Crippen LogP contribution in [-0.2, 0) is 4.74 Å². The van der Waals surface area contributed by atoms with E-state index in [1.165, 1.54) is 38.2 Å². The van der Waals surface area contributed by atoms with Crippen LogP contribution in [0.1, 0.15) is 94.5 Å². The number of ether oxygens (including phenoxy) is 2. The van der Waals surface area contributed by atoms with Crippen LogP contribution in [0.15, 0.2) is 12.1 Å². The minimum Gasteiger partial charge on any atom is -0.489 e. The number of carbonyl (C=O) groups is 1. The normalized spacial score (nSPS) is 35.6. The molecule has 0 spiro atoms. The van der Waals surface area contributed by atoms with E-state index in [2.05, 4.69) is 6.92 Å². The monoisotopic (exact) mass is 400 g/mol. The molecule has 3 nitrogen and oxygen atoms in total. The summed E-state index contributed by atoms with van der Waals surface area (Å²) in [6, 6.07) is 3.16. The predicted octanol–water partition coefficient (Wildman–Crippen LogP) is 6.25. The van der Waals surface area contributed by atoms with Crippen molar-refractivity contribution in [2.45, 2.75) is 90.3 Å². The fourth-order valence-electron chi connectivity index (χ4n) is 6.60. The highest BCUT2D eigenvalue weighted by atomic mass is 19.1. The lowest BCUT2D eigenvalue weighted by atomic mass is 9.49. The van der Waals surface area contributed by atoms with Gasteiger partial charge in [-0.3, -0.25) is 0 Å². The molecule has 5 aliphatic rings. The summed E-state index contributed by atoms with van der Waals surface area (Å²) in [6.45, 7) is 7.85. The van der Waals surface area contributed by atoms with Crippen molar-refractivity contribution in [3.63, 3.8) is 0 Å². The average molecular weight is 401 g/mol. The van der Waals surface area contributed by atoms with Gasteiger partial charge in [0, 0.05) is 6.07 Å². The lowest BCUT2D eigenvalue weighted by Crippen LogP contribution is -2.54. The zero-order valence-corrected chi connectivity index (χ0v) is 18.1. The summed E-state index contributed by atoms with van der Waals surface area (Å²) >= 11 is 0. The summed E-state index contributed by atoms with van der Waals surface area (Å²) in [7, 11) is 0. The lowest BCUT2D eigenvalue weighted by Gasteiger charge is -2.58. The number of halogens is 1. The van der Waals surface area contributed by atoms with Gasteiger partial charge in [0.25, 0.3) is 0 Å². The first-order valence-corrected chi connectivity index (χ1v) is 11.3. The largest absolute Gasteiger partial charge is 0.489 e. The third-order valence-electron chi connectivity index (χ3n) is 7.49. The molecule has 0 N–H and O–H groups in total. The summed E-state index contributed by atoms with van der Waals surface area (Å²) < 4.78 is 26.9. The van der Waals surface area contributed by atoms with Crippen LogP contribution in [0.2, 0.25) is 0 Å². The molecule has 4 heteroatoms. The van der Waals surface area contributed by atoms with E-state index in [-0.39, 0.29) is 11.7 Å². The van der Waals surface area contributed by atoms with Gasteiger partial charge in [-0.15, -0.1) is 0 Å². The molecule has 5 fully saturated rings. The van der Waals surface area contributed by atoms with Crippen molar-refractivity contribution in [2.24, 2.45) is 23.2 Å². The van der Waals surface area contributed by atoms with E-state index in [0.717, 1.165) is 24.3 Å². The van der Waals surface area contributed by atoms with Gasteiger partial charge >= 0.3 is 5.97 Å². The number of esters is 1. The molecule has 5 saturated carbocycles. The molecule has 2 unspecified atom stereocenters. The van der Waals surface area contributed by atoms with Crippen molar-refractivity contribution in [3.8, 4) is 5.75 Å². The SMILES string of the molecule is CC12CC3CC(C1)C(Oc1cc(F)c(C(=O)OC(C)(C)C)cc1C1CC1)C(C3)C2. The maximum atomic E-state index is 14.9. The standard InChI is InChI=1S/C25H33FO3/c1-24(2,3)29-23(27)19-9-18(15-5-6-15)21(10-20(19)26)28-22-16-7-14-8-17(22)13-25(4,11-14)12-16/h9-10,14-17,22H,5-8,11-13H2,1-4H3. The van der Waals surface area contributed by atoms with E-state index in [1.807, 2.05) is 0 Å². The Morgan fingerprint density at radius 1 is 1.10 bits per heavy atom. The predicted molar refractivity (Wildman–Crippen MR) is 110 cm³/mol. The summed E-state index contributed by atoms with van der Waals surface area (Å²) in [5, 5.41) is 0. The zero-order valence-electron chi connectivity index (χ0n) is 18.1. The molecule has 0 radical (unpaired) electrons. The van der Waals surface area contributed by atoms with Gasteiger partial charge in [-0.2, -0.15) is 0 Å². The molecule has 0 aromatic heterocycles. The molecule has 0 aliphatic heterocycles. The van der Waals surface area contributed by atoms with Crippen LogP contribution < -0.4 is 4.74 Å². The second-order valence-electron chi connectivity index (χ2n) is 11.5. The maximum Gasteiger partial charge on any atom is 0.341 e. The van der Waals surface area contributed by atoms with Crippen LogP contribution in [-0.4, -0.2) is 17.7 Å². The molecule has 0 amide bonds. The molecule has 158 valence electrons. The Bertz CT molecular complexity index is 819. The molecule has 4 bridgehead atoms. The summed E-state index contributed by atoms with van der Waals surface area (Å²) in [5.41, 5.74) is 0.871. The minimum atomic E-state index is -0.644. The molecule has 6 rings (SSSR count). The highest BCUT2D eigenvalue weighted by Gasteiger charge is 2.54. The molecule has 0 saturated heterocycles. The number of benzene rings is 1. The number of hydrogen-bond donors (Lipinski definition) is 0. The Hall–Kier alpha value is -1.58. The van der Waals surface area contributed by atoms with Gasteiger partial charge in [-0.25, -0.2) is 9.18 Å². The van der Waals surface area contributed by atoms with E-state index < -0.39 is 17.4 Å². The van der Waals surface area contributed by atoms with Crippen molar-refractivity contribution in [2.75, 3.05) is 0 Å².